The average molecular weight is 280 g/mol. The number of nitrogens with one attached hydrogen (secondary N) is 1. The van der Waals surface area contributed by atoms with E-state index in [2.05, 4.69) is 15.9 Å². The second-order valence-corrected chi connectivity index (χ2v) is 3.62. The second-order valence-electron chi connectivity index (χ2n) is 3.62. The number of nitriles is 1. The van der Waals surface area contributed by atoms with Crippen molar-refractivity contribution >= 4 is 0 Å². The van der Waals surface area contributed by atoms with Crippen LogP contribution in [0.2, 0.25) is 0 Å². The molecule has 0 bridgehead atoms. The normalized spacial score (nSPS) is 7.95. The zero-order valence-electron chi connectivity index (χ0n) is 11.4. The predicted octanol–water partition coefficient (Wildman–Crippen LogP) is 4.57. The predicted molar refractivity (Wildman–Crippen MR) is 80.6 cm³/mol. The van der Waals surface area contributed by atoms with E-state index in [4.69, 9.17) is 9.84 Å². The minimum Gasteiger partial charge on any atom is -0.277 e. The van der Waals surface area contributed by atoms with E-state index in [0.29, 0.717) is 5.56 Å². The Balaban J connectivity index is 3.19. The first kappa shape index (κ1) is 15.9. The van der Waals surface area contributed by atoms with Crippen LogP contribution in [0, 0.1) is 11.3 Å². The van der Waals surface area contributed by atoms with E-state index in [0.717, 1.165) is 0 Å². The van der Waals surface area contributed by atoms with E-state index < -0.39 is 0 Å². The number of hydrogen-bond acceptors (Lipinski definition) is 3. The Bertz CT molecular complexity index is 610. The summed E-state index contributed by atoms with van der Waals surface area (Å²) in [5.74, 6) is 0. The van der Waals surface area contributed by atoms with Gasteiger partial charge in [-0.2, -0.15) is 15.1 Å². The topological polar surface area (TPSA) is 65.9 Å². The van der Waals surface area contributed by atoms with E-state index in [-0.39, 0.29) is 0 Å². The molecule has 1 N–H and O–H groups in total. The SMILES string of the molecule is N#Cc1ccccccccccoo[nH]ccccc1. The molecule has 106 valence electrons. The van der Waals surface area contributed by atoms with Crippen LogP contribution in [0.25, 0.3) is 0 Å². The smallest absolute Gasteiger partial charge is 0.145 e. The molecule has 0 aliphatic heterocycles. The summed E-state index contributed by atoms with van der Waals surface area (Å²) in [7, 11) is 0. The zero-order chi connectivity index (χ0) is 15.0. The Morgan fingerprint density at radius 2 is 1.33 bits per heavy atom. The quantitative estimate of drug-likeness (QED) is 0.708. The highest BCUT2D eigenvalue weighted by atomic mass is 17.0. The summed E-state index contributed by atoms with van der Waals surface area (Å²) < 4.78 is 9.35. The molecular weight excluding hydrogens is 264 g/mol. The van der Waals surface area contributed by atoms with Gasteiger partial charge in [0.15, 0.2) is 0 Å². The number of H-pyrrole nitrogens is 1. The lowest BCUT2D eigenvalue weighted by molar-refractivity contribution is -0.0106. The lowest BCUT2D eigenvalue weighted by Gasteiger charge is -1.76. The van der Waals surface area contributed by atoms with Gasteiger partial charge in [0.05, 0.1) is 11.6 Å². The molecule has 0 fully saturated rings. The first-order valence-corrected chi connectivity index (χ1v) is 6.28. The van der Waals surface area contributed by atoms with Gasteiger partial charge in [-0.1, -0.05) is 54.6 Å². The molecule has 0 aromatic carbocycles. The second kappa shape index (κ2) is 11.9. The summed E-state index contributed by atoms with van der Waals surface area (Å²) >= 11 is 0. The summed E-state index contributed by atoms with van der Waals surface area (Å²) in [6, 6.07) is 25.4. The van der Waals surface area contributed by atoms with E-state index >= 15 is 0 Å². The third kappa shape index (κ3) is 9.40. The number of rotatable bonds is 0. The Labute approximate surface area is 123 Å². The Hall–Kier alpha value is -3.19. The van der Waals surface area contributed by atoms with E-state index in [1.165, 1.54) is 6.26 Å². The Morgan fingerprint density at radius 1 is 0.762 bits per heavy atom. The molecule has 0 atom stereocenters. The highest BCUT2D eigenvalue weighted by Crippen LogP contribution is 1.89. The minimum absolute atomic E-state index is 0.558. The molecule has 4 nitrogen and oxygen atoms in total. The fourth-order valence-corrected chi connectivity index (χ4v) is 1.15. The van der Waals surface area contributed by atoms with Crippen molar-refractivity contribution in [2.75, 3.05) is 0 Å². The maximum absolute atomic E-state index is 8.95. The summed E-state index contributed by atoms with van der Waals surface area (Å²) in [5, 5.41) is 11.4. The monoisotopic (exact) mass is 280 g/mol. The van der Waals surface area contributed by atoms with Gasteiger partial charge in [0.25, 0.3) is 0 Å². The van der Waals surface area contributed by atoms with Crippen LogP contribution in [-0.4, -0.2) is 5.16 Å². The zero-order valence-corrected chi connectivity index (χ0v) is 11.4. The number of hydrogen-bond donors (Lipinski definition) is 1. The molecule has 0 spiro atoms. The van der Waals surface area contributed by atoms with Gasteiger partial charge in [-0.3, -0.25) is 4.58 Å². The van der Waals surface area contributed by atoms with Gasteiger partial charge in [0.2, 0.25) is 0 Å². The van der Waals surface area contributed by atoms with Crippen molar-refractivity contribution in [1.82, 2.24) is 5.16 Å². The molecule has 0 saturated heterocycles. The van der Waals surface area contributed by atoms with Crippen LogP contribution in [0.1, 0.15) is 5.56 Å². The number of aromatic amines is 1. The maximum Gasteiger partial charge on any atom is 0.145 e. The van der Waals surface area contributed by atoms with Gasteiger partial charge in [0.1, 0.15) is 6.26 Å². The molecule has 21 heavy (non-hydrogen) atoms. The molecule has 0 radical (unpaired) electrons. The lowest BCUT2D eigenvalue weighted by atomic mass is 10.3. The molecule has 1 aromatic rings. The fourth-order valence-electron chi connectivity index (χ4n) is 1.15. The van der Waals surface area contributed by atoms with Crippen LogP contribution in [0.4, 0.5) is 0 Å². The Morgan fingerprint density at radius 3 is 2.00 bits per heavy atom. The lowest BCUT2D eigenvalue weighted by Crippen LogP contribution is -1.63. The van der Waals surface area contributed by atoms with Gasteiger partial charge in [0, 0.05) is 6.20 Å². The Kier molecular flexibility index (Phi) is 8.97. The highest BCUT2D eigenvalue weighted by molar-refractivity contribution is 5.25. The van der Waals surface area contributed by atoms with E-state index in [1.54, 1.807) is 48.7 Å². The minimum atomic E-state index is 0.558. The summed E-state index contributed by atoms with van der Waals surface area (Å²) in [4.78, 5) is 0. The van der Waals surface area contributed by atoms with Crippen molar-refractivity contribution in [2.24, 2.45) is 0 Å². The van der Waals surface area contributed by atoms with Crippen LogP contribution in [0.5, 0.6) is 0 Å². The van der Waals surface area contributed by atoms with Gasteiger partial charge in [-0.15, -0.1) is 0 Å². The fraction of sp³-hybridized carbons (Fsp3) is 0. The van der Waals surface area contributed by atoms with Crippen LogP contribution in [0.3, 0.4) is 0 Å². The molecule has 0 aliphatic rings. The van der Waals surface area contributed by atoms with Crippen molar-refractivity contribution in [1.29, 1.82) is 5.26 Å². The van der Waals surface area contributed by atoms with E-state index in [1.807, 2.05) is 36.4 Å². The molecule has 1 aromatic heterocycles. The molecular formula is C17H16N2O2. The van der Waals surface area contributed by atoms with Crippen molar-refractivity contribution in [3.8, 4) is 6.07 Å². The van der Waals surface area contributed by atoms with Gasteiger partial charge >= 0.3 is 0 Å². The van der Waals surface area contributed by atoms with E-state index in [9.17, 15) is 0 Å². The average Bonchev–Trinajstić information content (AvgIpc) is 2.51. The van der Waals surface area contributed by atoms with Crippen molar-refractivity contribution in [2.45, 2.75) is 0 Å². The first-order valence-electron chi connectivity index (χ1n) is 6.28. The summed E-state index contributed by atoms with van der Waals surface area (Å²) in [5.41, 5.74) is 0.558. The molecule has 0 saturated carbocycles. The van der Waals surface area contributed by atoms with Crippen molar-refractivity contribution < 1.29 is 9.26 Å². The summed E-state index contributed by atoms with van der Waals surface area (Å²) in [6.07, 6.45) is 2.95. The molecule has 4 heteroatoms. The number of aromatic nitrogens is 1. The van der Waals surface area contributed by atoms with Crippen LogP contribution < -0.4 is 0 Å². The summed E-state index contributed by atoms with van der Waals surface area (Å²) in [6.45, 7) is 0. The number of nitrogens with zero attached hydrogens (tertiary/aromatic N) is 1. The highest BCUT2D eigenvalue weighted by Gasteiger charge is 1.76. The molecule has 0 unspecified atom stereocenters. The molecule has 1 rings (SSSR count). The third-order valence-electron chi connectivity index (χ3n) is 2.08. The third-order valence-corrected chi connectivity index (χ3v) is 2.08. The molecule has 0 amide bonds. The van der Waals surface area contributed by atoms with Crippen LogP contribution >= 0.6 is 0 Å². The van der Waals surface area contributed by atoms with Gasteiger partial charge in [-0.25, -0.2) is 0 Å². The first-order chi connectivity index (χ1) is 10.4. The van der Waals surface area contributed by atoms with Crippen LogP contribution in [0.15, 0.2) is 101 Å². The van der Waals surface area contributed by atoms with Gasteiger partial charge < -0.3 is 0 Å². The standard InChI is InChI=1S/C17H16N2O2/c18-16-17-12-8-5-3-1-2-4-6-11-15-20-21-19-14-10-7-9-13-17/h1-15,19H. The molecule has 1 heterocycles. The van der Waals surface area contributed by atoms with Crippen LogP contribution in [-0.2, 0) is 0 Å². The van der Waals surface area contributed by atoms with Crippen molar-refractivity contribution in [3.05, 3.63) is 96.9 Å². The maximum atomic E-state index is 8.95. The van der Waals surface area contributed by atoms with Crippen molar-refractivity contribution in [3.63, 3.8) is 0 Å². The molecule has 0 aliphatic carbocycles. The van der Waals surface area contributed by atoms with Gasteiger partial charge in [-0.05, 0) is 24.3 Å². The largest absolute Gasteiger partial charge is 0.277 e.